The number of hydrogen-bond acceptors (Lipinski definition) is 5. The number of nitrogens with zero attached hydrogens (tertiary/aromatic N) is 3. The minimum Gasteiger partial charge on any atom is -0.296 e. The van der Waals surface area contributed by atoms with Crippen molar-refractivity contribution in [1.82, 2.24) is 14.9 Å². The first-order chi connectivity index (χ1) is 17.8. The Morgan fingerprint density at radius 1 is 0.892 bits per heavy atom. The lowest BCUT2D eigenvalue weighted by atomic mass is 9.75. The van der Waals surface area contributed by atoms with Crippen LogP contribution >= 0.6 is 0 Å². The lowest BCUT2D eigenvalue weighted by Crippen LogP contribution is -2.51. The molecule has 1 N–H and O–H groups in total. The van der Waals surface area contributed by atoms with Gasteiger partial charge in [-0.05, 0) is 43.2 Å². The zero-order chi connectivity index (χ0) is 25.6. The minimum absolute atomic E-state index is 0.0648. The van der Waals surface area contributed by atoms with Gasteiger partial charge in [0, 0.05) is 11.6 Å². The van der Waals surface area contributed by atoms with Gasteiger partial charge in [-0.2, -0.15) is 0 Å². The highest BCUT2D eigenvalue weighted by molar-refractivity contribution is 6.23. The molecule has 1 spiro atoms. The second kappa shape index (κ2) is 7.46. The third kappa shape index (κ3) is 2.69. The number of fused-ring (bicyclic) bond motifs is 8. The molecule has 1 aromatic heterocycles. The van der Waals surface area contributed by atoms with Gasteiger partial charge in [0.25, 0.3) is 5.56 Å². The van der Waals surface area contributed by atoms with Crippen LogP contribution in [0.4, 0.5) is 5.69 Å². The number of nitrogens with one attached hydrogen (secondary N) is 1. The normalized spacial score (nSPS) is 25.8. The highest BCUT2D eigenvalue weighted by atomic mass is 16.2. The van der Waals surface area contributed by atoms with Crippen LogP contribution in [0.3, 0.4) is 0 Å². The van der Waals surface area contributed by atoms with Crippen molar-refractivity contribution in [3.63, 3.8) is 0 Å². The molecular weight excluding hydrogens is 464 g/mol. The molecule has 2 fully saturated rings. The number of rotatable bonds is 2. The summed E-state index contributed by atoms with van der Waals surface area (Å²) in [4.78, 5) is 48.5. The number of aryl methyl sites for hydroxylation is 1. The molecule has 7 heteroatoms. The number of aromatic nitrogens is 2. The molecule has 4 atom stereocenters. The summed E-state index contributed by atoms with van der Waals surface area (Å²) in [6, 6.07) is 22.1. The standard InChI is InChI=1S/C30H26N4O3/c1-16(2)25-23-24(28(37)33(27(23)36)18-14-12-17(3)13-15-18)30(32-25)20-9-5-7-11-22(20)34-26(35)19-8-4-6-10-21(19)31-29(30)34/h4-16,23-25,32H,1-3H3/t23-,24-,25-,30-/m1/s1. The Kier molecular flexibility index (Phi) is 4.46. The van der Waals surface area contributed by atoms with Crippen molar-refractivity contribution in [2.75, 3.05) is 4.90 Å². The highest BCUT2D eigenvalue weighted by Gasteiger charge is 2.70. The molecule has 7 nitrogen and oxygen atoms in total. The fraction of sp³-hybridized carbons (Fsp3) is 0.267. The predicted molar refractivity (Wildman–Crippen MR) is 141 cm³/mol. The van der Waals surface area contributed by atoms with Gasteiger partial charge in [0.05, 0.1) is 34.1 Å². The van der Waals surface area contributed by atoms with Crippen molar-refractivity contribution in [2.45, 2.75) is 32.4 Å². The molecule has 4 heterocycles. The van der Waals surface area contributed by atoms with Crippen LogP contribution in [0.15, 0.2) is 77.6 Å². The SMILES string of the molecule is Cc1ccc(N2C(=O)[C@H]3[C@@H](C(C)C)N[C@]4(c5ccccc5-n5c4nc4ccccc4c5=O)[C@H]3C2=O)cc1. The number of carbonyl (C=O) groups excluding carboxylic acids is 2. The van der Waals surface area contributed by atoms with Crippen molar-refractivity contribution < 1.29 is 9.59 Å². The van der Waals surface area contributed by atoms with Crippen LogP contribution in [0, 0.1) is 24.7 Å². The molecule has 7 rings (SSSR count). The average molecular weight is 491 g/mol. The Hall–Kier alpha value is -4.10. The first kappa shape index (κ1) is 22.1. The molecule has 0 bridgehead atoms. The summed E-state index contributed by atoms with van der Waals surface area (Å²) >= 11 is 0. The molecule has 4 aromatic rings. The van der Waals surface area contributed by atoms with Gasteiger partial charge in [-0.15, -0.1) is 0 Å². The lowest BCUT2D eigenvalue weighted by Gasteiger charge is -2.32. The summed E-state index contributed by atoms with van der Waals surface area (Å²) < 4.78 is 1.64. The van der Waals surface area contributed by atoms with E-state index in [2.05, 4.69) is 19.2 Å². The van der Waals surface area contributed by atoms with Gasteiger partial charge in [0.2, 0.25) is 11.8 Å². The van der Waals surface area contributed by atoms with Gasteiger partial charge in [0.1, 0.15) is 11.4 Å². The second-order valence-corrected chi connectivity index (χ2v) is 10.7. The van der Waals surface area contributed by atoms with E-state index in [1.165, 1.54) is 4.90 Å². The number of carbonyl (C=O) groups is 2. The van der Waals surface area contributed by atoms with Gasteiger partial charge in [-0.25, -0.2) is 9.88 Å². The van der Waals surface area contributed by atoms with Gasteiger partial charge in [-0.3, -0.25) is 24.3 Å². The Morgan fingerprint density at radius 2 is 1.59 bits per heavy atom. The van der Waals surface area contributed by atoms with Crippen molar-refractivity contribution in [1.29, 1.82) is 0 Å². The van der Waals surface area contributed by atoms with E-state index in [-0.39, 0.29) is 29.3 Å². The zero-order valence-corrected chi connectivity index (χ0v) is 20.8. The summed E-state index contributed by atoms with van der Waals surface area (Å²) in [6.07, 6.45) is 0. The summed E-state index contributed by atoms with van der Waals surface area (Å²) in [7, 11) is 0. The Morgan fingerprint density at radius 3 is 2.35 bits per heavy atom. The van der Waals surface area contributed by atoms with E-state index in [0.29, 0.717) is 28.1 Å². The van der Waals surface area contributed by atoms with Crippen LogP contribution < -0.4 is 15.8 Å². The third-order valence-corrected chi connectivity index (χ3v) is 8.31. The molecule has 3 aliphatic rings. The smallest absolute Gasteiger partial charge is 0.266 e. The van der Waals surface area contributed by atoms with Crippen molar-refractivity contribution in [2.24, 2.45) is 17.8 Å². The summed E-state index contributed by atoms with van der Waals surface area (Å²) in [5, 5.41) is 4.24. The van der Waals surface area contributed by atoms with E-state index in [1.54, 1.807) is 10.6 Å². The van der Waals surface area contributed by atoms with E-state index in [0.717, 1.165) is 11.1 Å². The molecule has 0 aliphatic carbocycles. The van der Waals surface area contributed by atoms with E-state index in [1.807, 2.05) is 73.7 Å². The molecule has 2 saturated heterocycles. The zero-order valence-electron chi connectivity index (χ0n) is 20.8. The van der Waals surface area contributed by atoms with Crippen molar-refractivity contribution in [3.05, 3.63) is 100 Å². The number of para-hydroxylation sites is 2. The fourth-order valence-corrected chi connectivity index (χ4v) is 6.67. The van der Waals surface area contributed by atoms with Crippen LogP contribution in [0.5, 0.6) is 0 Å². The van der Waals surface area contributed by atoms with Crippen LogP contribution in [-0.2, 0) is 15.1 Å². The maximum Gasteiger partial charge on any atom is 0.266 e. The molecule has 3 aromatic carbocycles. The summed E-state index contributed by atoms with van der Waals surface area (Å²) in [6.45, 7) is 6.09. The maximum absolute atomic E-state index is 14.3. The van der Waals surface area contributed by atoms with Gasteiger partial charge < -0.3 is 0 Å². The average Bonchev–Trinajstić information content (AvgIpc) is 3.49. The molecule has 184 valence electrons. The first-order valence-electron chi connectivity index (χ1n) is 12.7. The molecule has 0 unspecified atom stereocenters. The second-order valence-electron chi connectivity index (χ2n) is 10.7. The van der Waals surface area contributed by atoms with Crippen molar-refractivity contribution >= 4 is 28.4 Å². The van der Waals surface area contributed by atoms with E-state index >= 15 is 0 Å². The highest BCUT2D eigenvalue weighted by Crippen LogP contribution is 2.56. The molecule has 0 saturated carbocycles. The number of imide groups is 1. The van der Waals surface area contributed by atoms with Crippen LogP contribution in [0.2, 0.25) is 0 Å². The first-order valence-corrected chi connectivity index (χ1v) is 12.7. The summed E-state index contributed by atoms with van der Waals surface area (Å²) in [5.74, 6) is -1.26. The predicted octanol–water partition coefficient (Wildman–Crippen LogP) is 3.68. The molecule has 37 heavy (non-hydrogen) atoms. The van der Waals surface area contributed by atoms with E-state index in [4.69, 9.17) is 4.98 Å². The molecule has 0 radical (unpaired) electrons. The van der Waals surface area contributed by atoms with Gasteiger partial charge in [-0.1, -0.05) is 61.9 Å². The minimum atomic E-state index is -1.11. The number of anilines is 1. The number of hydrogen-bond donors (Lipinski definition) is 1. The Bertz CT molecular complexity index is 1690. The van der Waals surface area contributed by atoms with Gasteiger partial charge >= 0.3 is 0 Å². The summed E-state index contributed by atoms with van der Waals surface area (Å²) in [5.41, 5.74) is 2.42. The fourth-order valence-electron chi connectivity index (χ4n) is 6.67. The van der Waals surface area contributed by atoms with Crippen LogP contribution in [0.1, 0.15) is 30.8 Å². The van der Waals surface area contributed by atoms with E-state index < -0.39 is 17.4 Å². The maximum atomic E-state index is 14.3. The van der Waals surface area contributed by atoms with Crippen molar-refractivity contribution in [3.8, 4) is 5.69 Å². The van der Waals surface area contributed by atoms with Gasteiger partial charge in [0.15, 0.2) is 0 Å². The molecular formula is C30H26N4O3. The number of benzene rings is 3. The lowest BCUT2D eigenvalue weighted by molar-refractivity contribution is -0.123. The van der Waals surface area contributed by atoms with Crippen LogP contribution in [-0.4, -0.2) is 27.4 Å². The molecule has 2 amide bonds. The van der Waals surface area contributed by atoms with Crippen LogP contribution in [0.25, 0.3) is 16.6 Å². The number of amides is 2. The third-order valence-electron chi connectivity index (χ3n) is 8.31. The quantitative estimate of drug-likeness (QED) is 0.434. The Labute approximate surface area is 213 Å². The Balaban J connectivity index is 1.53. The monoisotopic (exact) mass is 490 g/mol. The largest absolute Gasteiger partial charge is 0.296 e. The van der Waals surface area contributed by atoms with E-state index in [9.17, 15) is 14.4 Å². The topological polar surface area (TPSA) is 84.3 Å². The molecule has 3 aliphatic heterocycles.